The fourth-order valence-electron chi connectivity index (χ4n) is 2.45. The number of hydrogen-bond donors (Lipinski definition) is 1. The number of anilines is 2. The van der Waals surface area contributed by atoms with Gasteiger partial charge < -0.3 is 10.6 Å². The number of rotatable bonds is 2. The minimum atomic E-state index is 0.878. The number of fused-ring (bicyclic) bond motifs is 1. The maximum absolute atomic E-state index is 6.01. The van der Waals surface area contributed by atoms with Crippen LogP contribution in [0, 0.1) is 0 Å². The highest BCUT2D eigenvalue weighted by Gasteiger charge is 2.20. The van der Waals surface area contributed by atoms with Gasteiger partial charge in [-0.3, -0.25) is 4.98 Å². The third-order valence-electron chi connectivity index (χ3n) is 3.29. The highest BCUT2D eigenvalue weighted by atomic mass is 79.9. The number of nitrogens with two attached hydrogens (primary N) is 1. The van der Waals surface area contributed by atoms with Gasteiger partial charge in [-0.15, -0.1) is 0 Å². The summed E-state index contributed by atoms with van der Waals surface area (Å²) in [5, 5.41) is 0. The average molecular weight is 304 g/mol. The van der Waals surface area contributed by atoms with E-state index in [1.54, 1.807) is 6.20 Å². The number of nitrogen functional groups attached to an aromatic ring is 1. The first-order chi connectivity index (χ1) is 8.74. The predicted octanol–water partition coefficient (Wildman–Crippen LogP) is 2.99. The van der Waals surface area contributed by atoms with E-state index in [0.29, 0.717) is 0 Å². The molecule has 4 heteroatoms. The Bertz CT molecular complexity index is 583. The Balaban J connectivity index is 1.87. The summed E-state index contributed by atoms with van der Waals surface area (Å²) in [5.74, 6) is 0. The van der Waals surface area contributed by atoms with Crippen LogP contribution in [-0.2, 0) is 13.0 Å². The van der Waals surface area contributed by atoms with Gasteiger partial charge in [0.05, 0.1) is 0 Å². The second-order valence-electron chi connectivity index (χ2n) is 4.53. The van der Waals surface area contributed by atoms with Gasteiger partial charge >= 0.3 is 0 Å². The molecule has 2 heterocycles. The molecule has 1 aromatic carbocycles. The molecular formula is C14H14BrN3. The smallest absolute Gasteiger partial charge is 0.0445 e. The van der Waals surface area contributed by atoms with Crippen LogP contribution in [0.25, 0.3) is 0 Å². The summed E-state index contributed by atoms with van der Waals surface area (Å²) in [4.78, 5) is 6.56. The lowest BCUT2D eigenvalue weighted by Gasteiger charge is -2.19. The van der Waals surface area contributed by atoms with Gasteiger partial charge in [-0.1, -0.05) is 6.07 Å². The van der Waals surface area contributed by atoms with Gasteiger partial charge in [-0.2, -0.15) is 0 Å². The number of benzene rings is 1. The predicted molar refractivity (Wildman–Crippen MR) is 77.5 cm³/mol. The van der Waals surface area contributed by atoms with E-state index in [-0.39, 0.29) is 0 Å². The normalized spacial score (nSPS) is 13.7. The van der Waals surface area contributed by atoms with Crippen molar-refractivity contribution in [3.8, 4) is 0 Å². The fraction of sp³-hybridized carbons (Fsp3) is 0.214. The van der Waals surface area contributed by atoms with Gasteiger partial charge in [0.2, 0.25) is 0 Å². The first kappa shape index (κ1) is 11.5. The molecule has 0 fully saturated rings. The van der Waals surface area contributed by atoms with Crippen LogP contribution >= 0.6 is 15.9 Å². The molecule has 0 atom stereocenters. The zero-order valence-corrected chi connectivity index (χ0v) is 11.5. The standard InChI is InChI=1S/C14H14BrN3/c15-11-6-10(7-17-8-11)9-18-5-4-12-13(16)2-1-3-14(12)18/h1-3,6-8H,4-5,9,16H2. The maximum atomic E-state index is 6.01. The summed E-state index contributed by atoms with van der Waals surface area (Å²) < 4.78 is 1.02. The molecule has 0 spiro atoms. The molecule has 1 aliphatic heterocycles. The van der Waals surface area contributed by atoms with Gasteiger partial charge in [0.15, 0.2) is 0 Å². The highest BCUT2D eigenvalue weighted by Crippen LogP contribution is 2.33. The lowest BCUT2D eigenvalue weighted by Crippen LogP contribution is -2.19. The number of pyridine rings is 1. The second kappa shape index (κ2) is 4.61. The van der Waals surface area contributed by atoms with Gasteiger partial charge in [-0.25, -0.2) is 0 Å². The molecule has 3 rings (SSSR count). The zero-order chi connectivity index (χ0) is 12.5. The van der Waals surface area contributed by atoms with Crippen LogP contribution in [0.3, 0.4) is 0 Å². The third kappa shape index (κ3) is 2.08. The van der Waals surface area contributed by atoms with E-state index in [0.717, 1.165) is 29.7 Å². The lowest BCUT2D eigenvalue weighted by molar-refractivity contribution is 0.832. The van der Waals surface area contributed by atoms with Crippen LogP contribution in [-0.4, -0.2) is 11.5 Å². The first-order valence-electron chi connectivity index (χ1n) is 5.96. The Hall–Kier alpha value is -1.55. The molecular weight excluding hydrogens is 290 g/mol. The van der Waals surface area contributed by atoms with E-state index in [9.17, 15) is 0 Å². The van der Waals surface area contributed by atoms with Crippen molar-refractivity contribution >= 4 is 27.3 Å². The average Bonchev–Trinajstić information content (AvgIpc) is 2.74. The Morgan fingerprint density at radius 3 is 3.06 bits per heavy atom. The largest absolute Gasteiger partial charge is 0.398 e. The second-order valence-corrected chi connectivity index (χ2v) is 5.44. The number of nitrogens with zero attached hydrogens (tertiary/aromatic N) is 2. The van der Waals surface area contributed by atoms with E-state index in [4.69, 9.17) is 5.73 Å². The Kier molecular flexibility index (Phi) is 2.96. The third-order valence-corrected chi connectivity index (χ3v) is 3.73. The number of aromatic nitrogens is 1. The monoisotopic (exact) mass is 303 g/mol. The minimum absolute atomic E-state index is 0.878. The summed E-state index contributed by atoms with van der Waals surface area (Å²) in [5.41, 5.74) is 10.7. The molecule has 18 heavy (non-hydrogen) atoms. The molecule has 3 nitrogen and oxygen atoms in total. The lowest BCUT2D eigenvalue weighted by atomic mass is 10.1. The summed E-state index contributed by atoms with van der Waals surface area (Å²) in [7, 11) is 0. The van der Waals surface area contributed by atoms with Crippen LogP contribution in [0.15, 0.2) is 41.1 Å². The molecule has 0 saturated heterocycles. The van der Waals surface area contributed by atoms with Crippen molar-refractivity contribution in [3.63, 3.8) is 0 Å². The molecule has 0 amide bonds. The number of halogens is 1. The first-order valence-corrected chi connectivity index (χ1v) is 6.75. The Morgan fingerprint density at radius 1 is 1.33 bits per heavy atom. The van der Waals surface area contributed by atoms with Crippen LogP contribution in [0.4, 0.5) is 11.4 Å². The molecule has 1 aromatic heterocycles. The van der Waals surface area contributed by atoms with Crippen molar-refractivity contribution in [2.75, 3.05) is 17.2 Å². The maximum Gasteiger partial charge on any atom is 0.0445 e. The SMILES string of the molecule is Nc1cccc2c1CCN2Cc1cncc(Br)c1. The van der Waals surface area contributed by atoms with Gasteiger partial charge in [-0.05, 0) is 46.1 Å². The minimum Gasteiger partial charge on any atom is -0.398 e. The van der Waals surface area contributed by atoms with Crippen LogP contribution < -0.4 is 10.6 Å². The Labute approximate surface area is 115 Å². The van der Waals surface area contributed by atoms with Crippen LogP contribution in [0.1, 0.15) is 11.1 Å². The van der Waals surface area contributed by atoms with E-state index >= 15 is 0 Å². The molecule has 2 aromatic rings. The quantitative estimate of drug-likeness (QED) is 0.867. The molecule has 0 unspecified atom stereocenters. The van der Waals surface area contributed by atoms with Crippen molar-refractivity contribution in [3.05, 3.63) is 52.3 Å². The molecule has 0 radical (unpaired) electrons. The van der Waals surface area contributed by atoms with E-state index in [1.165, 1.54) is 16.8 Å². The number of hydrogen-bond acceptors (Lipinski definition) is 3. The molecule has 92 valence electrons. The molecule has 1 aliphatic rings. The fourth-order valence-corrected chi connectivity index (χ4v) is 2.87. The summed E-state index contributed by atoms with van der Waals surface area (Å²) >= 11 is 3.45. The molecule has 2 N–H and O–H groups in total. The topological polar surface area (TPSA) is 42.1 Å². The van der Waals surface area contributed by atoms with Crippen molar-refractivity contribution in [2.24, 2.45) is 0 Å². The van der Waals surface area contributed by atoms with Gasteiger partial charge in [0, 0.05) is 46.9 Å². The summed E-state index contributed by atoms with van der Waals surface area (Å²) in [6.07, 6.45) is 4.75. The summed E-state index contributed by atoms with van der Waals surface area (Å²) in [6.45, 7) is 1.90. The highest BCUT2D eigenvalue weighted by molar-refractivity contribution is 9.10. The van der Waals surface area contributed by atoms with E-state index in [2.05, 4.69) is 37.9 Å². The van der Waals surface area contributed by atoms with E-state index < -0.39 is 0 Å². The van der Waals surface area contributed by atoms with Crippen molar-refractivity contribution in [2.45, 2.75) is 13.0 Å². The zero-order valence-electron chi connectivity index (χ0n) is 9.94. The van der Waals surface area contributed by atoms with Crippen molar-refractivity contribution in [1.29, 1.82) is 0 Å². The molecule has 0 aliphatic carbocycles. The van der Waals surface area contributed by atoms with E-state index in [1.807, 2.05) is 18.3 Å². The van der Waals surface area contributed by atoms with Crippen LogP contribution in [0.5, 0.6) is 0 Å². The van der Waals surface area contributed by atoms with Crippen molar-refractivity contribution < 1.29 is 0 Å². The van der Waals surface area contributed by atoms with Gasteiger partial charge in [0.1, 0.15) is 0 Å². The molecule has 0 bridgehead atoms. The molecule has 0 saturated carbocycles. The van der Waals surface area contributed by atoms with Crippen LogP contribution in [0.2, 0.25) is 0 Å². The van der Waals surface area contributed by atoms with Gasteiger partial charge in [0.25, 0.3) is 0 Å². The summed E-state index contributed by atoms with van der Waals surface area (Å²) in [6, 6.07) is 8.25. The Morgan fingerprint density at radius 2 is 2.22 bits per heavy atom. The van der Waals surface area contributed by atoms with Crippen molar-refractivity contribution in [1.82, 2.24) is 4.98 Å².